The molecule has 4 atom stereocenters. The summed E-state index contributed by atoms with van der Waals surface area (Å²) >= 11 is 6.60. The van der Waals surface area contributed by atoms with Gasteiger partial charge < -0.3 is 14.7 Å². The highest BCUT2D eigenvalue weighted by atomic mass is 35.5. The molecule has 2 aromatic carbocycles. The van der Waals surface area contributed by atoms with Crippen LogP contribution in [-0.4, -0.2) is 62.8 Å². The molecule has 1 saturated carbocycles. The van der Waals surface area contributed by atoms with Crippen LogP contribution < -0.4 is 9.64 Å². The molecule has 5 heterocycles. The monoisotopic (exact) mass is 601 g/mol. The molecule has 1 N–H and O–H groups in total. The van der Waals surface area contributed by atoms with Crippen LogP contribution in [0.15, 0.2) is 36.5 Å². The van der Waals surface area contributed by atoms with Crippen molar-refractivity contribution in [2.24, 2.45) is 11.8 Å². The van der Waals surface area contributed by atoms with Crippen LogP contribution in [0.1, 0.15) is 58.3 Å². The van der Waals surface area contributed by atoms with Crippen LogP contribution in [0, 0.1) is 17.7 Å². The van der Waals surface area contributed by atoms with Gasteiger partial charge in [-0.3, -0.25) is 9.88 Å². The SMILES string of the molecule is CCC1CCC2(COc3nc(N4CC5CCC(C5)C4)c4cnc(-c5cc(O)cc6cccc(Cl)c56)c(F)c4n3)CCCN12. The Balaban J connectivity index is 1.24. The largest absolute Gasteiger partial charge is 0.508 e. The van der Waals surface area contributed by atoms with Crippen LogP contribution in [0.2, 0.25) is 5.02 Å². The number of halogens is 2. The highest BCUT2D eigenvalue weighted by molar-refractivity contribution is 6.36. The summed E-state index contributed by atoms with van der Waals surface area (Å²) in [5.41, 5.74) is 0.710. The van der Waals surface area contributed by atoms with Gasteiger partial charge in [0.25, 0.3) is 0 Å². The minimum absolute atomic E-state index is 0.00255. The molecule has 4 aromatic rings. The maximum absolute atomic E-state index is 16.7. The zero-order valence-corrected chi connectivity index (χ0v) is 25.3. The van der Waals surface area contributed by atoms with Crippen molar-refractivity contribution in [3.05, 3.63) is 47.4 Å². The van der Waals surface area contributed by atoms with Gasteiger partial charge in [-0.1, -0.05) is 30.7 Å². The summed E-state index contributed by atoms with van der Waals surface area (Å²) in [7, 11) is 0. The highest BCUT2D eigenvalue weighted by Crippen LogP contribution is 2.45. The van der Waals surface area contributed by atoms with Crippen LogP contribution in [0.3, 0.4) is 0 Å². The number of ether oxygens (including phenoxy) is 1. The first-order chi connectivity index (χ1) is 20.9. The van der Waals surface area contributed by atoms with Crippen LogP contribution in [0.4, 0.5) is 10.2 Å². The smallest absolute Gasteiger partial charge is 0.319 e. The van der Waals surface area contributed by atoms with E-state index in [0.717, 1.165) is 38.9 Å². The fourth-order valence-electron chi connectivity index (χ4n) is 8.69. The lowest BCUT2D eigenvalue weighted by atomic mass is 9.95. The fraction of sp³-hybridized carbons (Fsp3) is 0.500. The van der Waals surface area contributed by atoms with E-state index in [1.54, 1.807) is 18.3 Å². The Hall–Kier alpha value is -3.23. The van der Waals surface area contributed by atoms with Crippen LogP contribution in [0.25, 0.3) is 32.9 Å². The average molecular weight is 602 g/mol. The number of rotatable bonds is 6. The molecule has 224 valence electrons. The van der Waals surface area contributed by atoms with Gasteiger partial charge in [0, 0.05) is 41.3 Å². The van der Waals surface area contributed by atoms with E-state index in [1.165, 1.54) is 38.2 Å². The summed E-state index contributed by atoms with van der Waals surface area (Å²) in [6, 6.07) is 9.37. The molecule has 2 aromatic heterocycles. The Morgan fingerprint density at radius 3 is 2.77 bits per heavy atom. The van der Waals surface area contributed by atoms with E-state index in [9.17, 15) is 5.11 Å². The maximum atomic E-state index is 16.7. The van der Waals surface area contributed by atoms with Gasteiger partial charge >= 0.3 is 6.01 Å². The third kappa shape index (κ3) is 4.51. The molecule has 3 aliphatic heterocycles. The zero-order valence-electron chi connectivity index (χ0n) is 24.5. The van der Waals surface area contributed by atoms with E-state index in [-0.39, 0.29) is 28.5 Å². The van der Waals surface area contributed by atoms with E-state index in [2.05, 4.69) is 21.7 Å². The highest BCUT2D eigenvalue weighted by Gasteiger charge is 2.49. The number of hydrogen-bond acceptors (Lipinski definition) is 7. The van der Waals surface area contributed by atoms with E-state index in [4.69, 9.17) is 26.3 Å². The summed E-state index contributed by atoms with van der Waals surface area (Å²) in [6.45, 7) is 5.67. The number of anilines is 1. The molecule has 1 aliphatic carbocycles. The number of fused-ring (bicyclic) bond motifs is 5. The number of aromatic nitrogens is 3. The molecule has 43 heavy (non-hydrogen) atoms. The Bertz CT molecular complexity index is 1720. The normalized spacial score (nSPS) is 27.0. The average Bonchev–Trinajstić information content (AvgIpc) is 3.68. The fourth-order valence-corrected chi connectivity index (χ4v) is 8.97. The molecular formula is C34H37ClFN5O2. The van der Waals surface area contributed by atoms with Crippen molar-refractivity contribution in [3.63, 3.8) is 0 Å². The Morgan fingerprint density at radius 2 is 1.95 bits per heavy atom. The predicted octanol–water partition coefficient (Wildman–Crippen LogP) is 7.37. The van der Waals surface area contributed by atoms with Gasteiger partial charge in [0.05, 0.1) is 10.9 Å². The molecule has 7 nitrogen and oxygen atoms in total. The van der Waals surface area contributed by atoms with Gasteiger partial charge in [0.1, 0.15) is 29.4 Å². The van der Waals surface area contributed by atoms with Gasteiger partial charge in [0.15, 0.2) is 5.82 Å². The number of phenolic OH excluding ortho intramolecular Hbond substituents is 1. The molecule has 0 radical (unpaired) electrons. The molecule has 3 saturated heterocycles. The van der Waals surface area contributed by atoms with Crippen molar-refractivity contribution in [1.29, 1.82) is 0 Å². The quantitative estimate of drug-likeness (QED) is 0.247. The van der Waals surface area contributed by atoms with Gasteiger partial charge in [-0.25, -0.2) is 4.39 Å². The van der Waals surface area contributed by atoms with E-state index >= 15 is 4.39 Å². The molecular weight excluding hydrogens is 565 g/mol. The van der Waals surface area contributed by atoms with Gasteiger partial charge in [-0.2, -0.15) is 9.97 Å². The maximum Gasteiger partial charge on any atom is 0.319 e. The Morgan fingerprint density at radius 1 is 1.12 bits per heavy atom. The van der Waals surface area contributed by atoms with Crippen LogP contribution in [-0.2, 0) is 0 Å². The second kappa shape index (κ2) is 10.4. The van der Waals surface area contributed by atoms with E-state index < -0.39 is 5.82 Å². The van der Waals surface area contributed by atoms with Crippen molar-refractivity contribution in [3.8, 4) is 23.0 Å². The summed E-state index contributed by atoms with van der Waals surface area (Å²) in [5.74, 6) is 1.41. The number of piperidine rings is 1. The third-order valence-electron chi connectivity index (χ3n) is 10.7. The lowest BCUT2D eigenvalue weighted by molar-refractivity contribution is 0.0836. The van der Waals surface area contributed by atoms with Crippen molar-refractivity contribution in [1.82, 2.24) is 19.9 Å². The van der Waals surface area contributed by atoms with Crippen molar-refractivity contribution in [2.75, 3.05) is 31.1 Å². The number of aromatic hydroxyl groups is 1. The summed E-state index contributed by atoms with van der Waals surface area (Å²) < 4.78 is 23.2. The Kier molecular flexibility index (Phi) is 6.64. The van der Waals surface area contributed by atoms with Crippen molar-refractivity contribution >= 4 is 39.1 Å². The molecule has 2 bridgehead atoms. The lowest BCUT2D eigenvalue weighted by Crippen LogP contribution is -2.46. The molecule has 4 fully saturated rings. The third-order valence-corrected chi connectivity index (χ3v) is 11.0. The second-order valence-electron chi connectivity index (χ2n) is 13.2. The minimum Gasteiger partial charge on any atom is -0.508 e. The van der Waals surface area contributed by atoms with Crippen molar-refractivity contribution < 1.29 is 14.2 Å². The first-order valence-electron chi connectivity index (χ1n) is 15.8. The van der Waals surface area contributed by atoms with E-state index in [0.29, 0.717) is 57.0 Å². The second-order valence-corrected chi connectivity index (χ2v) is 13.6. The first kappa shape index (κ1) is 27.3. The summed E-state index contributed by atoms with van der Waals surface area (Å²) in [6.07, 6.45) is 11.1. The zero-order chi connectivity index (χ0) is 29.3. The van der Waals surface area contributed by atoms with Crippen LogP contribution >= 0.6 is 11.6 Å². The Labute approximate surface area is 256 Å². The molecule has 8 rings (SSSR count). The predicted molar refractivity (Wildman–Crippen MR) is 167 cm³/mol. The van der Waals surface area contributed by atoms with E-state index in [1.807, 2.05) is 12.1 Å². The number of pyridine rings is 1. The standard InChI is InChI=1S/C34H37ClFN5O2/c1-2-23-9-11-34(10-4-12-41(23)34)19-43-33-38-31-26(32(39-33)40-17-20-7-8-21(13-20)18-40)16-37-30(29(31)36)25-15-24(42)14-22-5-3-6-27(35)28(22)25/h3,5-6,14-16,20-21,23,42H,2,4,7-13,17-19H2,1H3. The summed E-state index contributed by atoms with van der Waals surface area (Å²) in [4.78, 5) is 19.2. The molecule has 4 aliphatic rings. The number of hydrogen-bond donors (Lipinski definition) is 1. The van der Waals surface area contributed by atoms with Crippen molar-refractivity contribution in [2.45, 2.75) is 69.9 Å². The van der Waals surface area contributed by atoms with Crippen LogP contribution in [0.5, 0.6) is 11.8 Å². The topological polar surface area (TPSA) is 74.6 Å². The number of phenols is 1. The molecule has 0 amide bonds. The lowest BCUT2D eigenvalue weighted by Gasteiger charge is -2.35. The summed E-state index contributed by atoms with van der Waals surface area (Å²) in [5, 5.41) is 12.9. The van der Waals surface area contributed by atoms with Gasteiger partial charge in [-0.15, -0.1) is 0 Å². The minimum atomic E-state index is -0.564. The van der Waals surface area contributed by atoms with Gasteiger partial charge in [0.2, 0.25) is 0 Å². The van der Waals surface area contributed by atoms with Gasteiger partial charge in [-0.05, 0) is 93.3 Å². The molecule has 0 spiro atoms. The number of nitrogens with zero attached hydrogens (tertiary/aromatic N) is 5. The first-order valence-corrected chi connectivity index (χ1v) is 16.2. The molecule has 9 heteroatoms. The number of benzene rings is 2. The molecule has 4 unspecified atom stereocenters.